The molecule has 0 radical (unpaired) electrons. The van der Waals surface area contributed by atoms with Gasteiger partial charge in [-0.15, -0.1) is 0 Å². The number of aryl methyl sites for hydroxylation is 1. The molecule has 5 heteroatoms. The summed E-state index contributed by atoms with van der Waals surface area (Å²) in [5.74, 6) is 1.53. The van der Waals surface area contributed by atoms with Crippen LogP contribution in [0.15, 0.2) is 12.1 Å². The van der Waals surface area contributed by atoms with E-state index in [1.165, 1.54) is 0 Å². The Balaban J connectivity index is 2.49. The Kier molecular flexibility index (Phi) is 2.04. The molecule has 1 aromatic carbocycles. The first-order valence-electron chi connectivity index (χ1n) is 4.45. The third kappa shape index (κ3) is 1.24. The van der Waals surface area contributed by atoms with Crippen molar-refractivity contribution in [2.45, 2.75) is 6.92 Å². The second kappa shape index (κ2) is 3.18. The largest absolute Gasteiger partial charge is 0.454 e. The molecule has 0 saturated heterocycles. The second-order valence-corrected chi connectivity index (χ2v) is 4.79. The molecule has 1 aliphatic rings. The molecule has 0 spiro atoms. The molecule has 0 atom stereocenters. The maximum atomic E-state index is 6.20. The maximum absolute atomic E-state index is 6.20. The number of ether oxygens (including phenoxy) is 2. The zero-order valence-electron chi connectivity index (χ0n) is 7.88. The van der Waals surface area contributed by atoms with Gasteiger partial charge in [-0.2, -0.15) is 0 Å². The van der Waals surface area contributed by atoms with E-state index in [4.69, 9.17) is 21.1 Å². The molecular formula is C10H7ClINO2. The number of nitrogens with zero attached hydrogens (tertiary/aromatic N) is 1. The van der Waals surface area contributed by atoms with E-state index in [2.05, 4.69) is 28.9 Å². The summed E-state index contributed by atoms with van der Waals surface area (Å²) in [6.07, 6.45) is 0. The molecule has 2 heterocycles. The van der Waals surface area contributed by atoms with E-state index in [0.717, 1.165) is 28.1 Å². The van der Waals surface area contributed by atoms with Gasteiger partial charge < -0.3 is 9.47 Å². The molecule has 2 aromatic rings. The van der Waals surface area contributed by atoms with Crippen molar-refractivity contribution in [3.05, 3.63) is 22.8 Å². The molecular weight excluding hydrogens is 328 g/mol. The zero-order chi connectivity index (χ0) is 10.6. The molecule has 3 rings (SSSR count). The molecule has 0 amide bonds. The lowest BCUT2D eigenvalue weighted by atomic mass is 10.2. The van der Waals surface area contributed by atoms with Gasteiger partial charge in [0, 0.05) is 17.1 Å². The van der Waals surface area contributed by atoms with E-state index < -0.39 is 0 Å². The average molecular weight is 336 g/mol. The lowest BCUT2D eigenvalue weighted by Gasteiger charge is -2.02. The second-order valence-electron chi connectivity index (χ2n) is 3.42. The predicted molar refractivity (Wildman–Crippen MR) is 67.2 cm³/mol. The number of rotatable bonds is 0. The van der Waals surface area contributed by atoms with Gasteiger partial charge in [-0.3, -0.25) is 2.78 Å². The van der Waals surface area contributed by atoms with Gasteiger partial charge in [0.2, 0.25) is 6.79 Å². The van der Waals surface area contributed by atoms with Crippen LogP contribution < -0.4 is 9.47 Å². The summed E-state index contributed by atoms with van der Waals surface area (Å²) in [5.41, 5.74) is 2.12. The summed E-state index contributed by atoms with van der Waals surface area (Å²) in [6.45, 7) is 2.31. The smallest absolute Gasteiger partial charge is 0.231 e. The minimum atomic E-state index is 0.274. The van der Waals surface area contributed by atoms with E-state index in [1.54, 1.807) is 6.07 Å². The van der Waals surface area contributed by atoms with Crippen LogP contribution in [0.1, 0.15) is 5.69 Å². The van der Waals surface area contributed by atoms with Crippen molar-refractivity contribution >= 4 is 45.4 Å². The van der Waals surface area contributed by atoms with Crippen LogP contribution in [0.2, 0.25) is 5.02 Å². The zero-order valence-corrected chi connectivity index (χ0v) is 10.8. The maximum Gasteiger partial charge on any atom is 0.231 e. The van der Waals surface area contributed by atoms with Crippen molar-refractivity contribution in [2.24, 2.45) is 0 Å². The topological polar surface area (TPSA) is 23.4 Å². The SMILES string of the molecule is Cc1cc2c3c(cc(Cl)c2n1I)OCO3. The van der Waals surface area contributed by atoms with Gasteiger partial charge in [0.15, 0.2) is 11.5 Å². The van der Waals surface area contributed by atoms with Gasteiger partial charge in [-0.1, -0.05) is 11.6 Å². The molecule has 0 aliphatic carbocycles. The molecule has 1 aliphatic heterocycles. The molecule has 15 heavy (non-hydrogen) atoms. The Morgan fingerprint density at radius 1 is 1.40 bits per heavy atom. The van der Waals surface area contributed by atoms with Crippen molar-refractivity contribution in [3.8, 4) is 11.5 Å². The fourth-order valence-corrected chi connectivity index (χ4v) is 2.89. The number of fused-ring (bicyclic) bond motifs is 3. The lowest BCUT2D eigenvalue weighted by molar-refractivity contribution is 0.175. The summed E-state index contributed by atoms with van der Waals surface area (Å²) in [6, 6.07) is 3.86. The molecule has 0 fully saturated rings. The minimum absolute atomic E-state index is 0.274. The van der Waals surface area contributed by atoms with Crippen LogP contribution in [-0.4, -0.2) is 9.57 Å². The average Bonchev–Trinajstić information content (AvgIpc) is 2.73. The molecule has 0 unspecified atom stereocenters. The van der Waals surface area contributed by atoms with Gasteiger partial charge >= 0.3 is 0 Å². The summed E-state index contributed by atoms with van der Waals surface area (Å²) in [4.78, 5) is 0. The third-order valence-corrected chi connectivity index (χ3v) is 4.02. The molecule has 0 saturated carbocycles. The van der Waals surface area contributed by atoms with Crippen LogP contribution in [0.3, 0.4) is 0 Å². The first kappa shape index (κ1) is 9.59. The Labute approximate surface area is 105 Å². The Bertz CT molecular complexity index is 564. The van der Waals surface area contributed by atoms with E-state index in [0.29, 0.717) is 5.02 Å². The van der Waals surface area contributed by atoms with Gasteiger partial charge in [0.1, 0.15) is 0 Å². The van der Waals surface area contributed by atoms with Crippen LogP contribution in [0.25, 0.3) is 10.9 Å². The molecule has 1 aromatic heterocycles. The number of hydrogen-bond donors (Lipinski definition) is 0. The first-order valence-corrected chi connectivity index (χ1v) is 5.79. The summed E-state index contributed by atoms with van der Waals surface area (Å²) in [5, 5.41) is 1.71. The highest BCUT2D eigenvalue weighted by Crippen LogP contribution is 2.44. The number of benzene rings is 1. The summed E-state index contributed by atoms with van der Waals surface area (Å²) < 4.78 is 12.8. The van der Waals surface area contributed by atoms with Crippen LogP contribution >= 0.6 is 34.5 Å². The van der Waals surface area contributed by atoms with E-state index >= 15 is 0 Å². The Morgan fingerprint density at radius 2 is 2.20 bits per heavy atom. The van der Waals surface area contributed by atoms with E-state index in [9.17, 15) is 0 Å². The van der Waals surface area contributed by atoms with Crippen LogP contribution in [0, 0.1) is 6.92 Å². The quantitative estimate of drug-likeness (QED) is 0.688. The lowest BCUT2D eigenvalue weighted by Crippen LogP contribution is -1.93. The van der Waals surface area contributed by atoms with Crippen LogP contribution in [0.4, 0.5) is 0 Å². The fraction of sp³-hybridized carbons (Fsp3) is 0.200. The van der Waals surface area contributed by atoms with E-state index in [1.807, 2.05) is 9.70 Å². The Hall–Kier alpha value is -0.620. The summed E-state index contributed by atoms with van der Waals surface area (Å²) >= 11 is 8.42. The van der Waals surface area contributed by atoms with Crippen LogP contribution in [0.5, 0.6) is 11.5 Å². The van der Waals surface area contributed by atoms with Crippen molar-refractivity contribution in [1.82, 2.24) is 2.78 Å². The summed E-state index contributed by atoms with van der Waals surface area (Å²) in [7, 11) is 0. The highest BCUT2D eigenvalue weighted by atomic mass is 127. The van der Waals surface area contributed by atoms with Crippen LogP contribution in [-0.2, 0) is 0 Å². The molecule has 0 N–H and O–H groups in total. The predicted octanol–water partition coefficient (Wildman–Crippen LogP) is 3.53. The highest BCUT2D eigenvalue weighted by molar-refractivity contribution is 14.1. The standard InChI is InChI=1S/C10H7ClINO2/c1-5-2-6-9(13(5)12)7(11)3-8-10(6)15-4-14-8/h2-3H,4H2,1H3. The Morgan fingerprint density at radius 3 is 3.00 bits per heavy atom. The molecule has 0 bridgehead atoms. The molecule has 78 valence electrons. The fourth-order valence-electron chi connectivity index (χ4n) is 1.80. The normalized spacial score (nSPS) is 13.8. The van der Waals surface area contributed by atoms with Gasteiger partial charge in [-0.25, -0.2) is 0 Å². The van der Waals surface area contributed by atoms with Gasteiger partial charge in [0.25, 0.3) is 0 Å². The number of hydrogen-bond acceptors (Lipinski definition) is 2. The number of halogens is 2. The van der Waals surface area contributed by atoms with Crippen molar-refractivity contribution in [1.29, 1.82) is 0 Å². The van der Waals surface area contributed by atoms with Gasteiger partial charge in [-0.05, 0) is 13.0 Å². The monoisotopic (exact) mass is 335 g/mol. The molecule has 3 nitrogen and oxygen atoms in total. The highest BCUT2D eigenvalue weighted by Gasteiger charge is 2.21. The number of aromatic nitrogens is 1. The van der Waals surface area contributed by atoms with Crippen molar-refractivity contribution < 1.29 is 9.47 Å². The minimum Gasteiger partial charge on any atom is -0.454 e. The van der Waals surface area contributed by atoms with Crippen molar-refractivity contribution in [2.75, 3.05) is 6.79 Å². The van der Waals surface area contributed by atoms with E-state index in [-0.39, 0.29) is 6.79 Å². The van der Waals surface area contributed by atoms with Gasteiger partial charge in [0.05, 0.1) is 33.4 Å². The third-order valence-electron chi connectivity index (χ3n) is 2.48. The first-order chi connectivity index (χ1) is 7.18. The van der Waals surface area contributed by atoms with Crippen molar-refractivity contribution in [3.63, 3.8) is 0 Å².